The summed E-state index contributed by atoms with van der Waals surface area (Å²) in [6, 6.07) is 15.3. The number of nitrogens with zero attached hydrogens (tertiary/aromatic N) is 1. The first-order valence-corrected chi connectivity index (χ1v) is 9.32. The van der Waals surface area contributed by atoms with Crippen molar-refractivity contribution in [3.63, 3.8) is 0 Å². The lowest BCUT2D eigenvalue weighted by atomic mass is 10.0. The SMILES string of the molecule is CC(C)c1ccc(NC(=O)c2cncc(C(=O)NCc3ccccc3F)c2)cc1. The summed E-state index contributed by atoms with van der Waals surface area (Å²) in [6.07, 6.45) is 2.76. The molecule has 2 N–H and O–H groups in total. The van der Waals surface area contributed by atoms with Crippen LogP contribution in [0.3, 0.4) is 0 Å². The first-order valence-electron chi connectivity index (χ1n) is 9.32. The number of anilines is 1. The third-order valence-electron chi connectivity index (χ3n) is 4.50. The molecule has 0 unspecified atom stereocenters. The molecule has 3 aromatic rings. The number of rotatable bonds is 6. The summed E-state index contributed by atoms with van der Waals surface area (Å²) in [5, 5.41) is 5.43. The molecule has 0 aliphatic rings. The lowest BCUT2D eigenvalue weighted by Gasteiger charge is -2.09. The highest BCUT2D eigenvalue weighted by atomic mass is 19.1. The fourth-order valence-corrected chi connectivity index (χ4v) is 2.76. The van der Waals surface area contributed by atoms with E-state index in [0.717, 1.165) is 0 Å². The Labute approximate surface area is 169 Å². The molecule has 148 valence electrons. The predicted octanol–water partition coefficient (Wildman–Crippen LogP) is 4.53. The second kappa shape index (κ2) is 9.10. The minimum Gasteiger partial charge on any atom is -0.348 e. The van der Waals surface area contributed by atoms with Gasteiger partial charge in [0.15, 0.2) is 0 Å². The molecule has 0 bridgehead atoms. The Morgan fingerprint density at radius 1 is 0.966 bits per heavy atom. The minimum atomic E-state index is -0.434. The van der Waals surface area contributed by atoms with E-state index in [1.54, 1.807) is 18.2 Å². The van der Waals surface area contributed by atoms with E-state index >= 15 is 0 Å². The monoisotopic (exact) mass is 391 g/mol. The summed E-state index contributed by atoms with van der Waals surface area (Å²) < 4.78 is 13.7. The number of benzene rings is 2. The van der Waals surface area contributed by atoms with Gasteiger partial charge in [-0.2, -0.15) is 0 Å². The van der Waals surface area contributed by atoms with Crippen molar-refractivity contribution in [1.82, 2.24) is 10.3 Å². The topological polar surface area (TPSA) is 71.1 Å². The van der Waals surface area contributed by atoms with E-state index in [1.165, 1.54) is 30.1 Å². The quantitative estimate of drug-likeness (QED) is 0.649. The van der Waals surface area contributed by atoms with Gasteiger partial charge >= 0.3 is 0 Å². The highest BCUT2D eigenvalue weighted by Gasteiger charge is 2.12. The Morgan fingerprint density at radius 3 is 2.28 bits per heavy atom. The fourth-order valence-electron chi connectivity index (χ4n) is 2.76. The van der Waals surface area contributed by atoms with Crippen LogP contribution in [0.1, 0.15) is 51.6 Å². The Morgan fingerprint density at radius 2 is 1.62 bits per heavy atom. The Kier molecular flexibility index (Phi) is 6.34. The van der Waals surface area contributed by atoms with Crippen molar-refractivity contribution < 1.29 is 14.0 Å². The zero-order valence-corrected chi connectivity index (χ0v) is 16.3. The van der Waals surface area contributed by atoms with Crippen molar-refractivity contribution >= 4 is 17.5 Å². The molecular formula is C23H22FN3O2. The van der Waals surface area contributed by atoms with Crippen molar-refractivity contribution in [2.45, 2.75) is 26.3 Å². The van der Waals surface area contributed by atoms with Crippen LogP contribution < -0.4 is 10.6 Å². The number of carbonyl (C=O) groups excluding carboxylic acids is 2. The van der Waals surface area contributed by atoms with Gasteiger partial charge in [-0.1, -0.05) is 44.2 Å². The normalized spacial score (nSPS) is 10.6. The maximum atomic E-state index is 13.7. The van der Waals surface area contributed by atoms with Crippen LogP contribution in [0.25, 0.3) is 0 Å². The number of carbonyl (C=O) groups is 2. The number of pyridine rings is 1. The van der Waals surface area contributed by atoms with Crippen LogP contribution in [0, 0.1) is 5.82 Å². The minimum absolute atomic E-state index is 0.0458. The highest BCUT2D eigenvalue weighted by Crippen LogP contribution is 2.18. The number of nitrogens with one attached hydrogen (secondary N) is 2. The standard InChI is InChI=1S/C23H22FN3O2/c1-15(2)16-7-9-20(10-8-16)27-23(29)19-11-18(12-25-13-19)22(28)26-14-17-5-3-4-6-21(17)24/h3-13,15H,14H2,1-2H3,(H,26,28)(H,27,29). The van der Waals surface area contributed by atoms with Gasteiger partial charge in [-0.3, -0.25) is 14.6 Å². The van der Waals surface area contributed by atoms with Gasteiger partial charge in [-0.05, 0) is 35.7 Å². The molecule has 2 amide bonds. The van der Waals surface area contributed by atoms with E-state index in [2.05, 4.69) is 29.5 Å². The van der Waals surface area contributed by atoms with Gasteiger partial charge in [-0.25, -0.2) is 4.39 Å². The van der Waals surface area contributed by atoms with Gasteiger partial charge in [-0.15, -0.1) is 0 Å². The molecule has 29 heavy (non-hydrogen) atoms. The molecule has 0 aliphatic heterocycles. The van der Waals surface area contributed by atoms with Crippen LogP contribution in [0.15, 0.2) is 67.0 Å². The van der Waals surface area contributed by atoms with Gasteiger partial charge in [0.05, 0.1) is 11.1 Å². The lowest BCUT2D eigenvalue weighted by Crippen LogP contribution is -2.24. The summed E-state index contributed by atoms with van der Waals surface area (Å²) >= 11 is 0. The van der Waals surface area contributed by atoms with Crippen LogP contribution in [-0.4, -0.2) is 16.8 Å². The second-order valence-corrected chi connectivity index (χ2v) is 6.97. The number of aromatic nitrogens is 1. The molecule has 3 rings (SSSR count). The Balaban J connectivity index is 1.65. The zero-order valence-electron chi connectivity index (χ0n) is 16.3. The van der Waals surface area contributed by atoms with E-state index in [4.69, 9.17) is 0 Å². The molecule has 0 saturated heterocycles. The van der Waals surface area contributed by atoms with Crippen LogP contribution in [0.2, 0.25) is 0 Å². The molecule has 1 heterocycles. The third kappa shape index (κ3) is 5.25. The molecule has 2 aromatic carbocycles. The van der Waals surface area contributed by atoms with Gasteiger partial charge in [0.25, 0.3) is 11.8 Å². The van der Waals surface area contributed by atoms with E-state index in [0.29, 0.717) is 17.2 Å². The molecule has 0 aliphatic carbocycles. The van der Waals surface area contributed by atoms with Gasteiger partial charge in [0.2, 0.25) is 0 Å². The van der Waals surface area contributed by atoms with Crippen molar-refractivity contribution in [2.75, 3.05) is 5.32 Å². The van der Waals surface area contributed by atoms with Crippen LogP contribution in [-0.2, 0) is 6.54 Å². The first kappa shape index (κ1) is 20.2. The van der Waals surface area contributed by atoms with E-state index in [1.807, 2.05) is 24.3 Å². The summed E-state index contributed by atoms with van der Waals surface area (Å²) in [5.74, 6) is -0.777. The predicted molar refractivity (Wildman–Crippen MR) is 110 cm³/mol. The first-order chi connectivity index (χ1) is 13.9. The molecule has 1 aromatic heterocycles. The number of hydrogen-bond acceptors (Lipinski definition) is 3. The maximum absolute atomic E-state index is 13.7. The maximum Gasteiger partial charge on any atom is 0.257 e. The van der Waals surface area contributed by atoms with Crippen molar-refractivity contribution in [3.8, 4) is 0 Å². The molecule has 5 nitrogen and oxygen atoms in total. The Hall–Kier alpha value is -3.54. The average molecular weight is 391 g/mol. The third-order valence-corrected chi connectivity index (χ3v) is 4.50. The fraction of sp³-hybridized carbons (Fsp3) is 0.174. The molecule has 0 radical (unpaired) electrons. The molecule has 0 saturated carbocycles. The second-order valence-electron chi connectivity index (χ2n) is 6.97. The molecule has 0 fully saturated rings. The van der Waals surface area contributed by atoms with Crippen molar-refractivity contribution in [3.05, 3.63) is 95.1 Å². The van der Waals surface area contributed by atoms with Crippen molar-refractivity contribution in [2.24, 2.45) is 0 Å². The van der Waals surface area contributed by atoms with Gasteiger partial charge in [0.1, 0.15) is 5.82 Å². The van der Waals surface area contributed by atoms with Gasteiger partial charge < -0.3 is 10.6 Å². The van der Waals surface area contributed by atoms with E-state index in [-0.39, 0.29) is 29.4 Å². The Bertz CT molecular complexity index is 1020. The molecule has 6 heteroatoms. The van der Waals surface area contributed by atoms with Crippen LogP contribution in [0.4, 0.5) is 10.1 Å². The van der Waals surface area contributed by atoms with E-state index in [9.17, 15) is 14.0 Å². The summed E-state index contributed by atoms with van der Waals surface area (Å²) in [4.78, 5) is 28.8. The number of halogens is 1. The van der Waals surface area contributed by atoms with Gasteiger partial charge in [0, 0.05) is 30.2 Å². The van der Waals surface area contributed by atoms with Crippen molar-refractivity contribution in [1.29, 1.82) is 0 Å². The largest absolute Gasteiger partial charge is 0.348 e. The van der Waals surface area contributed by atoms with Crippen LogP contribution in [0.5, 0.6) is 0 Å². The smallest absolute Gasteiger partial charge is 0.257 e. The lowest BCUT2D eigenvalue weighted by molar-refractivity contribution is 0.0950. The summed E-state index contributed by atoms with van der Waals surface area (Å²) in [6.45, 7) is 4.24. The number of hydrogen-bond donors (Lipinski definition) is 2. The highest BCUT2D eigenvalue weighted by molar-refractivity contribution is 6.05. The molecule has 0 atom stereocenters. The number of amides is 2. The molecule has 0 spiro atoms. The van der Waals surface area contributed by atoms with E-state index < -0.39 is 5.91 Å². The summed E-state index contributed by atoms with van der Waals surface area (Å²) in [5.41, 5.74) is 2.71. The summed E-state index contributed by atoms with van der Waals surface area (Å²) in [7, 11) is 0. The molecular weight excluding hydrogens is 369 g/mol. The average Bonchev–Trinajstić information content (AvgIpc) is 2.73. The van der Waals surface area contributed by atoms with Crippen LogP contribution >= 0.6 is 0 Å². The zero-order chi connectivity index (χ0) is 20.8.